The van der Waals surface area contributed by atoms with Crippen LogP contribution in [0, 0.1) is 11.7 Å². The number of benzene rings is 1. The van der Waals surface area contributed by atoms with Gasteiger partial charge in [0.25, 0.3) is 0 Å². The Hall–Kier alpha value is -1.56. The molecule has 0 aliphatic carbocycles. The molecular weight excluding hydrogens is 305 g/mol. The number of carbonyl (C=O) groups excluding carboxylic acids is 1. The van der Waals surface area contributed by atoms with Gasteiger partial charge in [-0.2, -0.15) is 11.8 Å². The molecule has 1 aromatic rings. The summed E-state index contributed by atoms with van der Waals surface area (Å²) in [6.45, 7) is 1.77. The Morgan fingerprint density at radius 1 is 1.50 bits per heavy atom. The molecule has 0 saturated carbocycles. The van der Waals surface area contributed by atoms with Crippen molar-refractivity contribution in [1.29, 1.82) is 0 Å². The van der Waals surface area contributed by atoms with Crippen molar-refractivity contribution < 1.29 is 19.1 Å². The third kappa shape index (κ3) is 4.00. The zero-order valence-electron chi connectivity index (χ0n) is 12.5. The van der Waals surface area contributed by atoms with Gasteiger partial charge in [0, 0.05) is 11.7 Å². The Balaban J connectivity index is 1.90. The molecule has 2 N–H and O–H groups in total. The Labute approximate surface area is 133 Å². The minimum absolute atomic E-state index is 0.249. The fourth-order valence-electron chi connectivity index (χ4n) is 2.45. The average Bonchev–Trinajstić information content (AvgIpc) is 2.94. The number of aliphatic carboxylic acids is 1. The smallest absolute Gasteiger partial charge is 0.330 e. The quantitative estimate of drug-likeness (QED) is 0.843. The standard InChI is InChI=1S/C16H20FNO3S/c1-11(5-6-12-3-2-4-13(17)9-12)14(19)18-16(15(20)21)7-8-22-10-16/h2-4,9,11H,5-8,10H2,1H3,(H,18,19)(H,20,21). The number of thioether (sulfide) groups is 1. The van der Waals surface area contributed by atoms with Crippen molar-refractivity contribution in [3.8, 4) is 0 Å². The molecule has 1 aromatic carbocycles. The van der Waals surface area contributed by atoms with Crippen LogP contribution in [0.15, 0.2) is 24.3 Å². The summed E-state index contributed by atoms with van der Waals surface area (Å²) in [7, 11) is 0. The maximum atomic E-state index is 13.1. The fraction of sp³-hybridized carbons (Fsp3) is 0.500. The highest BCUT2D eigenvalue weighted by Gasteiger charge is 2.43. The van der Waals surface area contributed by atoms with Crippen LogP contribution >= 0.6 is 11.8 Å². The van der Waals surface area contributed by atoms with Gasteiger partial charge >= 0.3 is 5.97 Å². The van der Waals surface area contributed by atoms with Crippen LogP contribution < -0.4 is 5.32 Å². The zero-order chi connectivity index (χ0) is 16.2. The Morgan fingerprint density at radius 3 is 2.86 bits per heavy atom. The number of carboxylic acid groups (broad SMARTS) is 1. The number of hydrogen-bond acceptors (Lipinski definition) is 3. The third-order valence-electron chi connectivity index (χ3n) is 4.00. The van der Waals surface area contributed by atoms with Gasteiger partial charge in [-0.25, -0.2) is 9.18 Å². The number of nitrogens with one attached hydrogen (secondary N) is 1. The van der Waals surface area contributed by atoms with E-state index < -0.39 is 11.5 Å². The lowest BCUT2D eigenvalue weighted by Gasteiger charge is -2.26. The maximum Gasteiger partial charge on any atom is 0.330 e. The topological polar surface area (TPSA) is 66.4 Å². The van der Waals surface area contributed by atoms with Crippen molar-refractivity contribution in [2.45, 2.75) is 31.7 Å². The van der Waals surface area contributed by atoms with Crippen molar-refractivity contribution in [3.05, 3.63) is 35.6 Å². The average molecular weight is 325 g/mol. The van der Waals surface area contributed by atoms with Gasteiger partial charge in [0.15, 0.2) is 0 Å². The molecule has 0 aromatic heterocycles. The van der Waals surface area contributed by atoms with E-state index in [1.165, 1.54) is 23.9 Å². The van der Waals surface area contributed by atoms with E-state index in [1.54, 1.807) is 13.0 Å². The van der Waals surface area contributed by atoms with Gasteiger partial charge in [0.05, 0.1) is 0 Å². The SMILES string of the molecule is CC(CCc1cccc(F)c1)C(=O)NC1(C(=O)O)CCSC1. The number of aryl methyl sites for hydroxylation is 1. The number of amides is 1. The zero-order valence-corrected chi connectivity index (χ0v) is 13.3. The van der Waals surface area contributed by atoms with Gasteiger partial charge in [-0.3, -0.25) is 4.79 Å². The molecule has 1 fully saturated rings. The van der Waals surface area contributed by atoms with Gasteiger partial charge in [-0.1, -0.05) is 19.1 Å². The normalized spacial score (nSPS) is 22.3. The summed E-state index contributed by atoms with van der Waals surface area (Å²) in [4.78, 5) is 23.7. The third-order valence-corrected chi connectivity index (χ3v) is 5.19. The molecule has 2 atom stereocenters. The van der Waals surface area contributed by atoms with E-state index in [1.807, 2.05) is 6.07 Å². The predicted molar refractivity (Wildman–Crippen MR) is 84.3 cm³/mol. The van der Waals surface area contributed by atoms with E-state index in [0.29, 0.717) is 25.0 Å². The Bertz CT molecular complexity index is 558. The number of carboxylic acids is 1. The second-order valence-electron chi connectivity index (χ2n) is 5.75. The van der Waals surface area contributed by atoms with E-state index in [2.05, 4.69) is 5.32 Å². The lowest BCUT2D eigenvalue weighted by atomic mass is 9.95. The van der Waals surface area contributed by atoms with Crippen LogP contribution in [0.2, 0.25) is 0 Å². The van der Waals surface area contributed by atoms with Crippen LogP contribution in [0.4, 0.5) is 4.39 Å². The molecule has 1 aliphatic rings. The first kappa shape index (κ1) is 16.8. The molecule has 0 radical (unpaired) electrons. The predicted octanol–water partition coefficient (Wildman–Crippen LogP) is 2.47. The van der Waals surface area contributed by atoms with Crippen molar-refractivity contribution in [3.63, 3.8) is 0 Å². The van der Waals surface area contributed by atoms with E-state index >= 15 is 0 Å². The van der Waals surface area contributed by atoms with Gasteiger partial charge < -0.3 is 10.4 Å². The molecule has 6 heteroatoms. The highest BCUT2D eigenvalue weighted by atomic mass is 32.2. The maximum absolute atomic E-state index is 13.1. The lowest BCUT2D eigenvalue weighted by Crippen LogP contribution is -2.56. The van der Waals surface area contributed by atoms with E-state index in [9.17, 15) is 19.1 Å². The molecule has 0 bridgehead atoms. The molecule has 2 unspecified atom stereocenters. The van der Waals surface area contributed by atoms with Crippen molar-refractivity contribution in [1.82, 2.24) is 5.32 Å². The summed E-state index contributed by atoms with van der Waals surface area (Å²) in [5, 5.41) is 12.1. The van der Waals surface area contributed by atoms with E-state index in [4.69, 9.17) is 0 Å². The first-order chi connectivity index (χ1) is 10.4. The van der Waals surface area contributed by atoms with E-state index in [-0.39, 0.29) is 17.6 Å². The van der Waals surface area contributed by atoms with Crippen molar-refractivity contribution in [2.24, 2.45) is 5.92 Å². The molecule has 0 spiro atoms. The minimum atomic E-state index is -1.13. The number of carbonyl (C=O) groups is 2. The summed E-state index contributed by atoms with van der Waals surface area (Å²) in [6.07, 6.45) is 1.59. The van der Waals surface area contributed by atoms with Crippen molar-refractivity contribution in [2.75, 3.05) is 11.5 Å². The van der Waals surface area contributed by atoms with Crippen LogP contribution in [0.5, 0.6) is 0 Å². The summed E-state index contributed by atoms with van der Waals surface area (Å²) < 4.78 is 13.1. The molecular formula is C16H20FNO3S. The molecule has 2 rings (SSSR count). The largest absolute Gasteiger partial charge is 0.479 e. The van der Waals surface area contributed by atoms with Crippen LogP contribution in [0.25, 0.3) is 0 Å². The van der Waals surface area contributed by atoms with Crippen LogP contribution in [-0.4, -0.2) is 34.0 Å². The minimum Gasteiger partial charge on any atom is -0.479 e. The fourth-order valence-corrected chi connectivity index (χ4v) is 3.78. The number of hydrogen-bond donors (Lipinski definition) is 2. The highest BCUT2D eigenvalue weighted by Crippen LogP contribution is 2.28. The Morgan fingerprint density at radius 2 is 2.27 bits per heavy atom. The van der Waals surface area contributed by atoms with Crippen LogP contribution in [0.1, 0.15) is 25.3 Å². The molecule has 1 heterocycles. The summed E-state index contributed by atoms with van der Waals surface area (Å²) in [5.41, 5.74) is -0.293. The molecule has 4 nitrogen and oxygen atoms in total. The van der Waals surface area contributed by atoms with Crippen molar-refractivity contribution >= 4 is 23.6 Å². The molecule has 1 aliphatic heterocycles. The van der Waals surface area contributed by atoms with Crippen LogP contribution in [-0.2, 0) is 16.0 Å². The van der Waals surface area contributed by atoms with Gasteiger partial charge in [-0.05, 0) is 42.7 Å². The summed E-state index contributed by atoms with van der Waals surface area (Å²) in [5.74, 6) is -0.674. The van der Waals surface area contributed by atoms with Gasteiger partial charge in [0.1, 0.15) is 11.4 Å². The van der Waals surface area contributed by atoms with Gasteiger partial charge in [-0.15, -0.1) is 0 Å². The van der Waals surface area contributed by atoms with Gasteiger partial charge in [0.2, 0.25) is 5.91 Å². The second-order valence-corrected chi connectivity index (χ2v) is 6.85. The molecule has 120 valence electrons. The first-order valence-electron chi connectivity index (χ1n) is 7.30. The lowest BCUT2D eigenvalue weighted by molar-refractivity contribution is -0.147. The molecule has 22 heavy (non-hydrogen) atoms. The van der Waals surface area contributed by atoms with Crippen LogP contribution in [0.3, 0.4) is 0 Å². The second kappa shape index (κ2) is 7.13. The monoisotopic (exact) mass is 325 g/mol. The number of rotatable bonds is 6. The molecule has 1 amide bonds. The first-order valence-corrected chi connectivity index (χ1v) is 8.46. The highest BCUT2D eigenvalue weighted by molar-refractivity contribution is 7.99. The summed E-state index contributed by atoms with van der Waals surface area (Å²) in [6, 6.07) is 6.30. The summed E-state index contributed by atoms with van der Waals surface area (Å²) >= 11 is 1.54. The van der Waals surface area contributed by atoms with E-state index in [0.717, 1.165) is 11.3 Å². The molecule has 1 saturated heterocycles. The Kier molecular flexibility index (Phi) is 5.45. The number of halogens is 1.